The summed E-state index contributed by atoms with van der Waals surface area (Å²) in [5.41, 5.74) is 0. The molecule has 1 N–H and O–H groups in total. The number of hydrogen-bond acceptors (Lipinski definition) is 3. The Balaban J connectivity index is 1.96. The molecule has 0 amide bonds. The molecule has 1 aromatic carbocycles. The maximum absolute atomic E-state index is 5.93. The average molecular weight is 221 g/mol. The van der Waals surface area contributed by atoms with Gasteiger partial charge in [0.1, 0.15) is 11.9 Å². The summed E-state index contributed by atoms with van der Waals surface area (Å²) in [5.74, 6) is 0.918. The Bertz CT molecular complexity index is 300. The Morgan fingerprint density at radius 2 is 2.19 bits per heavy atom. The predicted molar refractivity (Wildman–Crippen MR) is 63.8 cm³/mol. The van der Waals surface area contributed by atoms with E-state index in [9.17, 15) is 0 Å². The Kier molecular flexibility index (Phi) is 4.19. The monoisotopic (exact) mass is 221 g/mol. The summed E-state index contributed by atoms with van der Waals surface area (Å²) in [4.78, 5) is 0. The van der Waals surface area contributed by atoms with Crippen LogP contribution >= 0.6 is 0 Å². The van der Waals surface area contributed by atoms with Crippen LogP contribution in [-0.4, -0.2) is 31.9 Å². The van der Waals surface area contributed by atoms with E-state index in [1.54, 1.807) is 0 Å². The van der Waals surface area contributed by atoms with Crippen LogP contribution in [0.2, 0.25) is 0 Å². The van der Waals surface area contributed by atoms with Crippen LogP contribution in [0.25, 0.3) is 0 Å². The van der Waals surface area contributed by atoms with Gasteiger partial charge in [0.2, 0.25) is 0 Å². The van der Waals surface area contributed by atoms with Crippen LogP contribution in [-0.2, 0) is 4.74 Å². The lowest BCUT2D eigenvalue weighted by Crippen LogP contribution is -2.49. The number of nitrogens with one attached hydrogen (secondary N) is 1. The van der Waals surface area contributed by atoms with Crippen molar-refractivity contribution < 1.29 is 9.47 Å². The molecule has 1 aromatic rings. The summed E-state index contributed by atoms with van der Waals surface area (Å²) in [7, 11) is 0. The van der Waals surface area contributed by atoms with Gasteiger partial charge in [0, 0.05) is 12.6 Å². The number of likely N-dealkylation sites (N-methyl/N-ethyl adjacent to an activating group) is 1. The Morgan fingerprint density at radius 1 is 1.38 bits per heavy atom. The lowest BCUT2D eigenvalue weighted by atomic mass is 10.1. The number of para-hydroxylation sites is 1. The first-order valence-corrected chi connectivity index (χ1v) is 5.93. The molecule has 0 saturated carbocycles. The van der Waals surface area contributed by atoms with Crippen LogP contribution in [0.1, 0.15) is 13.3 Å². The summed E-state index contributed by atoms with van der Waals surface area (Å²) in [6.45, 7) is 4.59. The van der Waals surface area contributed by atoms with Crippen molar-refractivity contribution in [1.82, 2.24) is 5.32 Å². The van der Waals surface area contributed by atoms with Gasteiger partial charge >= 0.3 is 0 Å². The van der Waals surface area contributed by atoms with Gasteiger partial charge in [-0.3, -0.25) is 0 Å². The van der Waals surface area contributed by atoms with Crippen molar-refractivity contribution in [2.45, 2.75) is 25.5 Å². The zero-order valence-corrected chi connectivity index (χ0v) is 9.69. The van der Waals surface area contributed by atoms with Crippen molar-refractivity contribution >= 4 is 0 Å². The van der Waals surface area contributed by atoms with Crippen molar-refractivity contribution in [3.63, 3.8) is 0 Å². The van der Waals surface area contributed by atoms with Gasteiger partial charge in [0.15, 0.2) is 0 Å². The van der Waals surface area contributed by atoms with E-state index < -0.39 is 0 Å². The number of benzene rings is 1. The van der Waals surface area contributed by atoms with Crippen LogP contribution in [0.4, 0.5) is 0 Å². The number of ether oxygens (including phenoxy) is 2. The van der Waals surface area contributed by atoms with E-state index >= 15 is 0 Å². The molecule has 16 heavy (non-hydrogen) atoms. The van der Waals surface area contributed by atoms with Gasteiger partial charge in [-0.2, -0.15) is 0 Å². The average Bonchev–Trinajstić information content (AvgIpc) is 2.33. The van der Waals surface area contributed by atoms with Crippen LogP contribution in [0.3, 0.4) is 0 Å². The Labute approximate surface area is 96.8 Å². The third-order valence-electron chi connectivity index (χ3n) is 2.80. The van der Waals surface area contributed by atoms with E-state index in [0.29, 0.717) is 12.6 Å². The van der Waals surface area contributed by atoms with Crippen LogP contribution in [0.5, 0.6) is 5.75 Å². The van der Waals surface area contributed by atoms with E-state index in [2.05, 4.69) is 12.2 Å². The van der Waals surface area contributed by atoms with Gasteiger partial charge in [-0.05, 0) is 25.1 Å². The molecule has 1 aliphatic rings. The molecule has 0 aliphatic carbocycles. The fraction of sp³-hybridized carbons (Fsp3) is 0.538. The second-order valence-electron chi connectivity index (χ2n) is 4.00. The van der Waals surface area contributed by atoms with E-state index in [0.717, 1.165) is 25.3 Å². The normalized spacial score (nSPS) is 25.3. The smallest absolute Gasteiger partial charge is 0.137 e. The largest absolute Gasteiger partial charge is 0.486 e. The SMILES string of the molecule is CCNC1CCOCC1Oc1ccccc1. The minimum atomic E-state index is 0.121. The van der Waals surface area contributed by atoms with Crippen molar-refractivity contribution in [3.8, 4) is 5.75 Å². The lowest BCUT2D eigenvalue weighted by molar-refractivity contribution is -0.0143. The molecule has 1 saturated heterocycles. The molecule has 1 heterocycles. The second-order valence-corrected chi connectivity index (χ2v) is 4.00. The van der Waals surface area contributed by atoms with Gasteiger partial charge in [-0.1, -0.05) is 25.1 Å². The molecule has 0 spiro atoms. The van der Waals surface area contributed by atoms with Crippen molar-refractivity contribution in [2.24, 2.45) is 0 Å². The molecule has 3 nitrogen and oxygen atoms in total. The first-order chi connectivity index (χ1) is 7.90. The molecule has 1 fully saturated rings. The van der Waals surface area contributed by atoms with Crippen molar-refractivity contribution in [1.29, 1.82) is 0 Å². The summed E-state index contributed by atoms with van der Waals surface area (Å²) in [6, 6.07) is 10.3. The maximum Gasteiger partial charge on any atom is 0.137 e. The van der Waals surface area contributed by atoms with E-state index in [1.165, 1.54) is 0 Å². The topological polar surface area (TPSA) is 30.5 Å². The molecule has 88 valence electrons. The third-order valence-corrected chi connectivity index (χ3v) is 2.80. The van der Waals surface area contributed by atoms with E-state index in [-0.39, 0.29) is 6.10 Å². The summed E-state index contributed by atoms with van der Waals surface area (Å²) in [5, 5.41) is 3.45. The fourth-order valence-corrected chi connectivity index (χ4v) is 2.00. The number of hydrogen-bond donors (Lipinski definition) is 1. The quantitative estimate of drug-likeness (QED) is 0.841. The Hall–Kier alpha value is -1.06. The van der Waals surface area contributed by atoms with E-state index in [4.69, 9.17) is 9.47 Å². The highest BCUT2D eigenvalue weighted by Crippen LogP contribution is 2.17. The first-order valence-electron chi connectivity index (χ1n) is 5.93. The van der Waals surface area contributed by atoms with Gasteiger partial charge in [-0.25, -0.2) is 0 Å². The zero-order valence-electron chi connectivity index (χ0n) is 9.69. The summed E-state index contributed by atoms with van der Waals surface area (Å²) in [6.07, 6.45) is 1.14. The molecule has 0 radical (unpaired) electrons. The first kappa shape index (κ1) is 11.4. The van der Waals surface area contributed by atoms with Crippen molar-refractivity contribution in [2.75, 3.05) is 19.8 Å². The Morgan fingerprint density at radius 3 is 2.94 bits per heavy atom. The van der Waals surface area contributed by atoms with Crippen molar-refractivity contribution in [3.05, 3.63) is 30.3 Å². The maximum atomic E-state index is 5.93. The third kappa shape index (κ3) is 2.97. The molecular weight excluding hydrogens is 202 g/mol. The highest BCUT2D eigenvalue weighted by molar-refractivity contribution is 5.21. The standard InChI is InChI=1S/C13H19NO2/c1-2-14-12-8-9-15-10-13(12)16-11-6-4-3-5-7-11/h3-7,12-14H,2,8-10H2,1H3. The molecule has 0 bridgehead atoms. The lowest BCUT2D eigenvalue weighted by Gasteiger charge is -2.32. The minimum Gasteiger partial charge on any atom is -0.486 e. The predicted octanol–water partition coefficient (Wildman–Crippen LogP) is 1.83. The fourth-order valence-electron chi connectivity index (χ4n) is 2.00. The minimum absolute atomic E-state index is 0.121. The number of rotatable bonds is 4. The highest BCUT2D eigenvalue weighted by atomic mass is 16.5. The molecule has 3 heteroatoms. The molecule has 2 unspecified atom stereocenters. The summed E-state index contributed by atoms with van der Waals surface area (Å²) >= 11 is 0. The van der Waals surface area contributed by atoms with Gasteiger partial charge in [0.05, 0.1) is 6.61 Å². The molecule has 1 aliphatic heterocycles. The van der Waals surface area contributed by atoms with Gasteiger partial charge in [-0.15, -0.1) is 0 Å². The molecule has 0 aromatic heterocycles. The van der Waals surface area contributed by atoms with Crippen LogP contribution < -0.4 is 10.1 Å². The zero-order chi connectivity index (χ0) is 11.2. The summed E-state index contributed by atoms with van der Waals surface area (Å²) < 4.78 is 11.4. The molecule has 2 atom stereocenters. The van der Waals surface area contributed by atoms with Crippen LogP contribution in [0.15, 0.2) is 30.3 Å². The van der Waals surface area contributed by atoms with Gasteiger partial charge < -0.3 is 14.8 Å². The highest BCUT2D eigenvalue weighted by Gasteiger charge is 2.26. The molecular formula is C13H19NO2. The van der Waals surface area contributed by atoms with Crippen LogP contribution in [0, 0.1) is 0 Å². The second kappa shape index (κ2) is 5.87. The van der Waals surface area contributed by atoms with E-state index in [1.807, 2.05) is 30.3 Å². The molecule has 2 rings (SSSR count). The van der Waals surface area contributed by atoms with Gasteiger partial charge in [0.25, 0.3) is 0 Å².